The summed E-state index contributed by atoms with van der Waals surface area (Å²) in [5.74, 6) is 0. The van der Waals surface area contributed by atoms with Crippen molar-refractivity contribution in [3.8, 4) is 0 Å². The Kier molecular flexibility index (Phi) is 19.2. The van der Waals surface area contributed by atoms with E-state index in [0.29, 0.717) is 0 Å². The summed E-state index contributed by atoms with van der Waals surface area (Å²) in [5.41, 5.74) is 0. The molecule has 3 atom stereocenters. The quantitative estimate of drug-likeness (QED) is 0.0533. The normalized spacial score (nSPS) is 15.0. The van der Waals surface area contributed by atoms with Gasteiger partial charge in [0.15, 0.2) is 25.0 Å². The molecule has 0 aliphatic carbocycles. The molecule has 7 rings (SSSR count). The highest BCUT2D eigenvalue weighted by Gasteiger charge is 2.56. The van der Waals surface area contributed by atoms with Crippen LogP contribution in [0.2, 0.25) is 78.6 Å². The third kappa shape index (κ3) is 14.8. The predicted octanol–water partition coefficient (Wildman–Crippen LogP) is 7.81. The second-order valence-corrected chi connectivity index (χ2v) is 54.1. The van der Waals surface area contributed by atoms with Crippen LogP contribution in [0.1, 0.15) is 0 Å². The highest BCUT2D eigenvalue weighted by atomic mass is 28.5. The number of rotatable bonds is 25. The highest BCUT2D eigenvalue weighted by Crippen LogP contribution is 2.27. The van der Waals surface area contributed by atoms with Crippen molar-refractivity contribution >= 4 is 124 Å². The van der Waals surface area contributed by atoms with Crippen molar-refractivity contribution in [3.05, 3.63) is 212 Å². The van der Waals surface area contributed by atoms with E-state index in [1.54, 1.807) is 0 Å². The fourth-order valence-electron chi connectivity index (χ4n) is 8.93. The molecule has 0 radical (unpaired) electrons. The van der Waals surface area contributed by atoms with Gasteiger partial charge in [-0.15, -0.1) is 0 Å². The van der Waals surface area contributed by atoms with Crippen molar-refractivity contribution in [2.24, 2.45) is 0 Å². The van der Waals surface area contributed by atoms with Crippen molar-refractivity contribution in [3.63, 3.8) is 0 Å². The average molecular weight is 1150 g/mol. The van der Waals surface area contributed by atoms with Crippen LogP contribution in [0.4, 0.5) is 0 Å². The molecule has 0 saturated heterocycles. The summed E-state index contributed by atoms with van der Waals surface area (Å²) in [7, 11) is -30.3. The summed E-state index contributed by atoms with van der Waals surface area (Å²) in [6, 6.07) is 72.7. The van der Waals surface area contributed by atoms with Crippen LogP contribution in [-0.4, -0.2) is 87.3 Å². The molecule has 19 heteroatoms. The first-order valence-corrected chi connectivity index (χ1v) is 48.9. The van der Waals surface area contributed by atoms with Gasteiger partial charge < -0.3 is 37.0 Å². The Balaban J connectivity index is 1.42. The maximum absolute atomic E-state index is 7.79. The molecule has 3 unspecified atom stereocenters. The molecule has 0 saturated carbocycles. The molecule has 384 valence electrons. The molecule has 0 heterocycles. The summed E-state index contributed by atoms with van der Waals surface area (Å²) in [5, 5.41) is 6.83. The van der Waals surface area contributed by atoms with E-state index in [2.05, 4.69) is 236 Å². The van der Waals surface area contributed by atoms with Crippen molar-refractivity contribution in [2.45, 2.75) is 78.6 Å². The molecule has 9 nitrogen and oxygen atoms in total. The number of benzene rings is 7. The number of hydrogen-bond acceptors (Lipinski definition) is 9. The van der Waals surface area contributed by atoms with Gasteiger partial charge in [-0.1, -0.05) is 212 Å². The molecule has 0 amide bonds. The molecule has 0 bridgehead atoms. The van der Waals surface area contributed by atoms with Crippen LogP contribution in [0.15, 0.2) is 212 Å². The van der Waals surface area contributed by atoms with E-state index >= 15 is 0 Å². The first-order valence-electron chi connectivity index (χ1n) is 25.2. The predicted molar refractivity (Wildman–Crippen MR) is 324 cm³/mol. The lowest BCUT2D eigenvalue weighted by molar-refractivity contribution is 0.221. The van der Waals surface area contributed by atoms with Crippen LogP contribution in [-0.2, 0) is 37.0 Å². The van der Waals surface area contributed by atoms with Gasteiger partial charge in [0, 0.05) is 5.19 Å². The Morgan fingerprint density at radius 2 is 0.397 bits per heavy atom. The molecule has 0 aliphatic rings. The minimum atomic E-state index is -4.20. The molecule has 7 aromatic rings. The molecule has 0 aliphatic heterocycles. The van der Waals surface area contributed by atoms with Crippen molar-refractivity contribution in [1.82, 2.24) is 0 Å². The van der Waals surface area contributed by atoms with Crippen LogP contribution >= 0.6 is 0 Å². The van der Waals surface area contributed by atoms with Crippen LogP contribution < -0.4 is 36.3 Å². The summed E-state index contributed by atoms with van der Waals surface area (Å²) in [6.45, 7) is 26.2. The molecule has 7 aromatic carbocycles. The average Bonchev–Trinajstić information content (AvgIpc) is 3.36. The van der Waals surface area contributed by atoms with E-state index in [1.807, 2.05) is 54.6 Å². The van der Waals surface area contributed by atoms with Gasteiger partial charge >= 0.3 is 62.3 Å². The van der Waals surface area contributed by atoms with Gasteiger partial charge in [0.25, 0.3) is 0 Å². The minimum Gasteiger partial charge on any atom is -0.430 e. The second kappa shape index (κ2) is 24.6. The number of hydrogen-bond donors (Lipinski definition) is 0. The zero-order valence-electron chi connectivity index (χ0n) is 44.6. The summed E-state index contributed by atoms with van der Waals surface area (Å²) in [4.78, 5) is 0. The van der Waals surface area contributed by atoms with Crippen LogP contribution in [0.25, 0.3) is 0 Å². The lowest BCUT2D eigenvalue weighted by atomic mass is 10.4. The maximum Gasteiger partial charge on any atom is 0.509 e. The Morgan fingerprint density at radius 3 is 0.562 bits per heavy atom. The summed E-state index contributed by atoms with van der Waals surface area (Å²) >= 11 is 0. The molecular weight excluding hydrogens is 1070 g/mol. The third-order valence-corrected chi connectivity index (χ3v) is 45.4. The molecular formula is C54H74O9Si10. The van der Waals surface area contributed by atoms with Crippen molar-refractivity contribution < 1.29 is 37.0 Å². The van der Waals surface area contributed by atoms with Crippen LogP contribution in [0.3, 0.4) is 0 Å². The van der Waals surface area contributed by atoms with Gasteiger partial charge in [-0.3, -0.25) is 0 Å². The smallest absolute Gasteiger partial charge is 0.430 e. The Bertz CT molecular complexity index is 2350. The fraction of sp³-hybridized carbons (Fsp3) is 0.222. The lowest BCUT2D eigenvalue weighted by Crippen LogP contribution is -2.73. The highest BCUT2D eigenvalue weighted by molar-refractivity contribution is 7.03. The van der Waals surface area contributed by atoms with E-state index in [4.69, 9.17) is 37.0 Å². The SMILES string of the molecule is C[SiH](O[Si](O[SiH](C)O[Si](O[Si](C)(C)C)(c1ccccc1)c1ccccc1)(O[SiH](C)O[Si](O[Si](C)(C)C)(c1ccccc1)c1ccccc1)c1ccccc1)O[Si](O[Si](C)(C)C)(c1ccccc1)c1ccccc1. The second-order valence-electron chi connectivity index (χ2n) is 21.0. The van der Waals surface area contributed by atoms with E-state index < -0.39 is 87.3 Å². The first-order chi connectivity index (χ1) is 34.7. The van der Waals surface area contributed by atoms with Crippen LogP contribution in [0.5, 0.6) is 0 Å². The molecule has 0 spiro atoms. The Hall–Kier alpha value is -3.65. The monoisotopic (exact) mass is 1150 g/mol. The summed E-state index contributed by atoms with van der Waals surface area (Å²) in [6.07, 6.45) is 0. The van der Waals surface area contributed by atoms with Gasteiger partial charge in [-0.05, 0) is 110 Å². The molecule has 0 aromatic heterocycles. The van der Waals surface area contributed by atoms with Gasteiger partial charge in [-0.2, -0.15) is 0 Å². The van der Waals surface area contributed by atoms with E-state index in [0.717, 1.165) is 36.3 Å². The summed E-state index contributed by atoms with van der Waals surface area (Å²) < 4.78 is 68.9. The van der Waals surface area contributed by atoms with E-state index in [-0.39, 0.29) is 0 Å². The minimum absolute atomic E-state index is 0.789. The van der Waals surface area contributed by atoms with Gasteiger partial charge in [0.2, 0.25) is 0 Å². The largest absolute Gasteiger partial charge is 0.509 e. The topological polar surface area (TPSA) is 83.1 Å². The molecule has 0 fully saturated rings. The Morgan fingerprint density at radius 1 is 0.233 bits per heavy atom. The third-order valence-electron chi connectivity index (χ3n) is 11.4. The molecule has 73 heavy (non-hydrogen) atoms. The first kappa shape index (κ1) is 57.1. The lowest BCUT2D eigenvalue weighted by Gasteiger charge is -2.44. The van der Waals surface area contributed by atoms with Crippen molar-refractivity contribution in [2.75, 3.05) is 0 Å². The van der Waals surface area contributed by atoms with E-state index in [9.17, 15) is 0 Å². The zero-order chi connectivity index (χ0) is 52.4. The van der Waals surface area contributed by atoms with Gasteiger partial charge in [-0.25, -0.2) is 0 Å². The van der Waals surface area contributed by atoms with Gasteiger partial charge in [0.1, 0.15) is 0 Å². The van der Waals surface area contributed by atoms with Crippen molar-refractivity contribution in [1.29, 1.82) is 0 Å². The zero-order valence-corrected chi connectivity index (χ0v) is 55.1. The maximum atomic E-state index is 7.79. The van der Waals surface area contributed by atoms with Crippen LogP contribution in [0, 0.1) is 0 Å². The Labute approximate surface area is 448 Å². The van der Waals surface area contributed by atoms with Gasteiger partial charge in [0.05, 0.1) is 0 Å². The standard InChI is InChI=1S/C54H74O9Si10/c1-64(55-70(61-67(4,5)6,48-34-20-13-21-35-48)49-36-22-14-23-37-49)58-73(54-46-32-19-33-47-54,59-65(2)56-71(62-68(7,8)9,50-38-24-15-25-39-50)51-40-26-16-27-41-51)60-66(3)57-72(63-69(10,11)12,52-42-28-17-29-43-52)53-44-30-18-31-45-53/h13-47,64-66H,1-12H3. The molecule has 0 N–H and O–H groups in total. The fourth-order valence-corrected chi connectivity index (χ4v) is 49.2. The van der Waals surface area contributed by atoms with E-state index in [1.165, 1.54) is 0 Å².